The van der Waals surface area contributed by atoms with Crippen molar-refractivity contribution in [3.05, 3.63) is 63.1 Å². The van der Waals surface area contributed by atoms with Gasteiger partial charge in [-0.1, -0.05) is 11.6 Å². The van der Waals surface area contributed by atoms with Gasteiger partial charge in [-0.15, -0.1) is 22.7 Å². The second kappa shape index (κ2) is 15.0. The summed E-state index contributed by atoms with van der Waals surface area (Å²) < 4.78 is 20.5. The van der Waals surface area contributed by atoms with Gasteiger partial charge in [0, 0.05) is 23.5 Å². The monoisotopic (exact) mass is 680 g/mol. The number of aromatic nitrogens is 6. The maximum atomic E-state index is 5.93. The largest absolute Gasteiger partial charge is 0.493 e. The van der Waals surface area contributed by atoms with Crippen LogP contribution in [0.25, 0.3) is 20.7 Å². The Hall–Kier alpha value is -3.95. The molecule has 0 aliphatic heterocycles. The van der Waals surface area contributed by atoms with Gasteiger partial charge < -0.3 is 30.0 Å². The summed E-state index contributed by atoms with van der Waals surface area (Å²) in [5.41, 5.74) is 11.6. The molecule has 43 heavy (non-hydrogen) atoms. The SMILES string of the molecule is COc1ccc(N)cc1OC.COc1ccc(Nc2nc(Cl)nc3scnc23)cc1OC.Clc1nc(Cl)c2ncsc2n1. The van der Waals surface area contributed by atoms with Crippen LogP contribution in [0.3, 0.4) is 0 Å². The van der Waals surface area contributed by atoms with Gasteiger partial charge in [0.25, 0.3) is 0 Å². The van der Waals surface area contributed by atoms with E-state index < -0.39 is 0 Å². The number of nitrogen functional groups attached to an aromatic ring is 1. The lowest BCUT2D eigenvalue weighted by atomic mass is 10.2. The minimum atomic E-state index is 0.159. The molecule has 0 amide bonds. The quantitative estimate of drug-likeness (QED) is 0.104. The van der Waals surface area contributed by atoms with E-state index in [9.17, 15) is 0 Å². The molecule has 0 saturated heterocycles. The van der Waals surface area contributed by atoms with E-state index in [1.54, 1.807) is 57.7 Å². The van der Waals surface area contributed by atoms with Crippen LogP contribution in [0.15, 0.2) is 47.4 Å². The summed E-state index contributed by atoms with van der Waals surface area (Å²) in [7, 11) is 6.35. The van der Waals surface area contributed by atoms with Crippen LogP contribution in [0.1, 0.15) is 0 Å². The second-order valence-electron chi connectivity index (χ2n) is 7.95. The van der Waals surface area contributed by atoms with Gasteiger partial charge in [-0.05, 0) is 47.5 Å². The van der Waals surface area contributed by atoms with Crippen LogP contribution < -0.4 is 30.0 Å². The van der Waals surface area contributed by atoms with Crippen LogP contribution >= 0.6 is 57.5 Å². The Bertz CT molecular complexity index is 1840. The zero-order chi connectivity index (χ0) is 30.9. The third-order valence-corrected chi connectivity index (χ3v) is 7.39. The van der Waals surface area contributed by atoms with E-state index in [1.807, 2.05) is 18.2 Å². The Labute approximate surface area is 268 Å². The first-order valence-corrected chi connectivity index (χ1v) is 14.8. The predicted molar refractivity (Wildman–Crippen MR) is 172 cm³/mol. The summed E-state index contributed by atoms with van der Waals surface area (Å²) in [6.45, 7) is 0. The summed E-state index contributed by atoms with van der Waals surface area (Å²) >= 11 is 20.0. The Morgan fingerprint density at radius 2 is 1.19 bits per heavy atom. The number of hydrogen-bond donors (Lipinski definition) is 2. The van der Waals surface area contributed by atoms with E-state index >= 15 is 0 Å². The Kier molecular flexibility index (Phi) is 11.1. The van der Waals surface area contributed by atoms with Crippen molar-refractivity contribution in [1.82, 2.24) is 29.9 Å². The third-order valence-electron chi connectivity index (χ3n) is 5.35. The van der Waals surface area contributed by atoms with E-state index in [2.05, 4.69) is 35.2 Å². The highest BCUT2D eigenvalue weighted by molar-refractivity contribution is 7.16. The van der Waals surface area contributed by atoms with Gasteiger partial charge in [0.1, 0.15) is 15.9 Å². The van der Waals surface area contributed by atoms with Gasteiger partial charge in [-0.3, -0.25) is 0 Å². The maximum Gasteiger partial charge on any atom is 0.225 e. The lowest BCUT2D eigenvalue weighted by Crippen LogP contribution is -1.98. The van der Waals surface area contributed by atoms with Crippen molar-refractivity contribution < 1.29 is 18.9 Å². The number of nitrogens with one attached hydrogen (secondary N) is 1. The standard InChI is InChI=1S/C13H11ClN4O2S.C8H11NO2.C5HCl2N3S/c1-19-8-4-3-7(5-9(8)20-2)16-11-10-12(21-6-15-10)18-13(14)17-11;1-10-7-4-3-6(9)5-8(7)11-2;6-3-2-4(11-1-8-2)10-5(7)9-3/h3-6H,1-2H3,(H,16,17,18);3-5H,9H2,1-2H3;1H. The number of hydrogen-bond acceptors (Lipinski definition) is 14. The molecule has 12 nitrogen and oxygen atoms in total. The third kappa shape index (κ3) is 8.12. The van der Waals surface area contributed by atoms with Crippen LogP contribution in [0.4, 0.5) is 17.2 Å². The molecular weight excluding hydrogens is 659 g/mol. The first kappa shape index (κ1) is 32.0. The van der Waals surface area contributed by atoms with Crippen molar-refractivity contribution in [3.63, 3.8) is 0 Å². The van der Waals surface area contributed by atoms with Gasteiger partial charge in [0.15, 0.2) is 38.8 Å². The molecule has 2 aromatic carbocycles. The number of ether oxygens (including phenoxy) is 4. The fourth-order valence-electron chi connectivity index (χ4n) is 3.43. The normalized spacial score (nSPS) is 10.3. The number of anilines is 3. The van der Waals surface area contributed by atoms with Gasteiger partial charge in [0.2, 0.25) is 10.6 Å². The smallest absolute Gasteiger partial charge is 0.225 e. The van der Waals surface area contributed by atoms with Crippen molar-refractivity contribution in [3.8, 4) is 23.0 Å². The number of fused-ring (bicyclic) bond motifs is 2. The van der Waals surface area contributed by atoms with Crippen LogP contribution in [0.2, 0.25) is 15.7 Å². The lowest BCUT2D eigenvalue weighted by molar-refractivity contribution is 0.355. The fourth-order valence-corrected chi connectivity index (χ4v) is 5.50. The molecular formula is C26H23Cl3N8O4S2. The molecule has 0 atom stereocenters. The average molecular weight is 682 g/mol. The number of halogens is 3. The molecule has 0 aliphatic rings. The summed E-state index contributed by atoms with van der Waals surface area (Å²) in [4.78, 5) is 25.6. The maximum absolute atomic E-state index is 5.93. The fraction of sp³-hybridized carbons (Fsp3) is 0.154. The molecule has 6 aromatic rings. The van der Waals surface area contributed by atoms with Crippen LogP contribution in [-0.4, -0.2) is 58.3 Å². The molecule has 4 aromatic heterocycles. The average Bonchev–Trinajstić information content (AvgIpc) is 3.67. The van der Waals surface area contributed by atoms with Crippen LogP contribution in [0, 0.1) is 0 Å². The molecule has 0 unspecified atom stereocenters. The molecule has 0 fully saturated rings. The number of nitrogens with zero attached hydrogens (tertiary/aromatic N) is 6. The van der Waals surface area contributed by atoms with Crippen molar-refractivity contribution in [2.24, 2.45) is 0 Å². The summed E-state index contributed by atoms with van der Waals surface area (Å²) in [6, 6.07) is 10.7. The number of benzene rings is 2. The highest BCUT2D eigenvalue weighted by Crippen LogP contribution is 2.33. The van der Waals surface area contributed by atoms with E-state index in [0.29, 0.717) is 50.7 Å². The highest BCUT2D eigenvalue weighted by Gasteiger charge is 2.11. The molecule has 6 rings (SSSR count). The second-order valence-corrected chi connectivity index (χ2v) is 10.6. The summed E-state index contributed by atoms with van der Waals surface area (Å²) in [5.74, 6) is 3.19. The van der Waals surface area contributed by atoms with Gasteiger partial charge in [-0.2, -0.15) is 4.98 Å². The van der Waals surface area contributed by atoms with Gasteiger partial charge >= 0.3 is 0 Å². The molecule has 0 bridgehead atoms. The molecule has 17 heteroatoms. The van der Waals surface area contributed by atoms with Crippen LogP contribution in [0.5, 0.6) is 23.0 Å². The van der Waals surface area contributed by atoms with Gasteiger partial charge in [0.05, 0.1) is 39.5 Å². The number of rotatable bonds is 6. The predicted octanol–water partition coefficient (Wildman–Crippen LogP) is 7.18. The minimum Gasteiger partial charge on any atom is -0.493 e. The number of nitrogens with two attached hydrogens (primary N) is 1. The summed E-state index contributed by atoms with van der Waals surface area (Å²) in [5, 5.41) is 3.81. The minimum absolute atomic E-state index is 0.159. The molecule has 224 valence electrons. The Morgan fingerprint density at radius 3 is 1.81 bits per heavy atom. The van der Waals surface area contributed by atoms with Crippen molar-refractivity contribution in [2.75, 3.05) is 39.5 Å². The topological polar surface area (TPSA) is 152 Å². The van der Waals surface area contributed by atoms with E-state index in [-0.39, 0.29) is 10.6 Å². The molecule has 0 aliphatic carbocycles. The lowest BCUT2D eigenvalue weighted by Gasteiger charge is -2.11. The van der Waals surface area contributed by atoms with Crippen LogP contribution in [-0.2, 0) is 0 Å². The zero-order valence-corrected chi connectivity index (χ0v) is 26.9. The Morgan fingerprint density at radius 1 is 0.651 bits per heavy atom. The van der Waals surface area contributed by atoms with Crippen molar-refractivity contribution in [1.29, 1.82) is 0 Å². The zero-order valence-electron chi connectivity index (χ0n) is 23.0. The Balaban J connectivity index is 0.000000162. The number of methoxy groups -OCH3 is 4. The molecule has 3 N–H and O–H groups in total. The molecule has 0 spiro atoms. The molecule has 4 heterocycles. The van der Waals surface area contributed by atoms with Crippen molar-refractivity contribution >= 4 is 95.4 Å². The molecule has 0 radical (unpaired) electrons. The van der Waals surface area contributed by atoms with E-state index in [0.717, 1.165) is 15.3 Å². The highest BCUT2D eigenvalue weighted by atomic mass is 35.5. The van der Waals surface area contributed by atoms with E-state index in [4.69, 9.17) is 59.5 Å². The first-order valence-electron chi connectivity index (χ1n) is 11.9. The van der Waals surface area contributed by atoms with E-state index in [1.165, 1.54) is 22.7 Å². The van der Waals surface area contributed by atoms with Crippen molar-refractivity contribution in [2.45, 2.75) is 0 Å². The first-order chi connectivity index (χ1) is 20.8. The summed E-state index contributed by atoms with van der Waals surface area (Å²) in [6.07, 6.45) is 0. The van der Waals surface area contributed by atoms with Gasteiger partial charge in [-0.25, -0.2) is 24.9 Å². The number of thiazole rings is 2. The molecule has 0 saturated carbocycles.